The number of halogens is 1. The molecule has 0 spiro atoms. The minimum Gasteiger partial charge on any atom is -0.330 e. The molecule has 4 heteroatoms. The van der Waals surface area contributed by atoms with Crippen molar-refractivity contribution in [1.82, 2.24) is 9.55 Å². The van der Waals surface area contributed by atoms with Crippen LogP contribution < -0.4 is 5.73 Å². The lowest BCUT2D eigenvalue weighted by Crippen LogP contribution is -2.21. The number of fused-ring (bicyclic) bond motifs is 1. The third-order valence-electron chi connectivity index (χ3n) is 3.85. The van der Waals surface area contributed by atoms with E-state index >= 15 is 0 Å². The van der Waals surface area contributed by atoms with Gasteiger partial charge in [-0.2, -0.15) is 0 Å². The van der Waals surface area contributed by atoms with E-state index < -0.39 is 0 Å². The summed E-state index contributed by atoms with van der Waals surface area (Å²) in [7, 11) is 0. The molecule has 0 amide bonds. The highest BCUT2D eigenvalue weighted by Crippen LogP contribution is 2.26. The van der Waals surface area contributed by atoms with Gasteiger partial charge in [0.2, 0.25) is 0 Å². The Morgan fingerprint density at radius 3 is 2.52 bits per heavy atom. The number of benzene rings is 1. The number of nitrogens with two attached hydrogens (primary N) is 1. The maximum absolute atomic E-state index is 6.15. The number of aromatic nitrogens is 2. The second kappa shape index (κ2) is 6.80. The molecule has 1 aromatic carbocycles. The first-order valence-electron chi connectivity index (χ1n) is 7.78. The van der Waals surface area contributed by atoms with E-state index in [9.17, 15) is 0 Å². The van der Waals surface area contributed by atoms with Crippen LogP contribution in [-0.2, 0) is 6.42 Å². The predicted octanol–water partition coefficient (Wildman–Crippen LogP) is 4.43. The summed E-state index contributed by atoms with van der Waals surface area (Å²) >= 11 is 6.15. The Morgan fingerprint density at radius 2 is 1.95 bits per heavy atom. The molecule has 0 radical (unpaired) electrons. The van der Waals surface area contributed by atoms with Gasteiger partial charge in [-0.15, -0.1) is 0 Å². The lowest BCUT2D eigenvalue weighted by molar-refractivity contribution is 0.400. The number of hydrogen-bond acceptors (Lipinski definition) is 2. The van der Waals surface area contributed by atoms with Gasteiger partial charge < -0.3 is 10.3 Å². The molecule has 0 fully saturated rings. The Kier molecular flexibility index (Phi) is 5.28. The quantitative estimate of drug-likeness (QED) is 0.857. The van der Waals surface area contributed by atoms with Crippen molar-refractivity contribution in [2.45, 2.75) is 46.6 Å². The maximum atomic E-state index is 6.15. The summed E-state index contributed by atoms with van der Waals surface area (Å²) in [5.41, 5.74) is 8.09. The zero-order chi connectivity index (χ0) is 15.6. The Balaban J connectivity index is 2.40. The Hall–Kier alpha value is -1.06. The van der Waals surface area contributed by atoms with Crippen LogP contribution in [0.4, 0.5) is 0 Å². The van der Waals surface area contributed by atoms with Crippen molar-refractivity contribution in [3.63, 3.8) is 0 Å². The molecule has 0 bridgehead atoms. The van der Waals surface area contributed by atoms with Gasteiger partial charge in [0.05, 0.1) is 11.0 Å². The normalized spacial score (nSPS) is 13.5. The molecule has 2 rings (SSSR count). The molecule has 2 aromatic rings. The summed E-state index contributed by atoms with van der Waals surface area (Å²) in [5, 5.41) is 0.758. The van der Waals surface area contributed by atoms with Crippen LogP contribution >= 0.6 is 11.6 Å². The van der Waals surface area contributed by atoms with Gasteiger partial charge >= 0.3 is 0 Å². The first kappa shape index (κ1) is 16.3. The van der Waals surface area contributed by atoms with E-state index in [4.69, 9.17) is 22.3 Å². The van der Waals surface area contributed by atoms with Crippen molar-refractivity contribution < 1.29 is 0 Å². The lowest BCUT2D eigenvalue weighted by atomic mass is 9.94. The van der Waals surface area contributed by atoms with E-state index in [1.54, 1.807) is 0 Å². The van der Waals surface area contributed by atoms with Gasteiger partial charge in [0, 0.05) is 17.5 Å². The molecule has 1 heterocycles. The fraction of sp³-hybridized carbons (Fsp3) is 0.588. The van der Waals surface area contributed by atoms with Crippen LogP contribution in [0.1, 0.15) is 46.0 Å². The lowest BCUT2D eigenvalue weighted by Gasteiger charge is -2.19. The first-order chi connectivity index (χ1) is 9.92. The molecule has 3 nitrogen and oxygen atoms in total. The molecule has 21 heavy (non-hydrogen) atoms. The molecule has 0 aliphatic heterocycles. The smallest absolute Gasteiger partial charge is 0.110 e. The largest absolute Gasteiger partial charge is 0.330 e. The van der Waals surface area contributed by atoms with Crippen LogP contribution in [-0.4, -0.2) is 16.1 Å². The third kappa shape index (κ3) is 3.78. The topological polar surface area (TPSA) is 43.8 Å². The van der Waals surface area contributed by atoms with Crippen LogP contribution in [0.3, 0.4) is 0 Å². The standard InChI is InChI=1S/C17H26ClN3/c1-11(2)7-13(10-19)8-17-20-15-6-5-14(18)9-16(15)21(17)12(3)4/h5-6,9,11-13H,7-8,10,19H2,1-4H3. The Bertz CT molecular complexity index is 601. The molecule has 1 atom stereocenters. The maximum Gasteiger partial charge on any atom is 0.110 e. The molecule has 0 aliphatic rings. The first-order valence-corrected chi connectivity index (χ1v) is 8.16. The number of imidazole rings is 1. The zero-order valence-electron chi connectivity index (χ0n) is 13.4. The monoisotopic (exact) mass is 307 g/mol. The highest BCUT2D eigenvalue weighted by Gasteiger charge is 2.18. The summed E-state index contributed by atoms with van der Waals surface area (Å²) in [6.45, 7) is 9.57. The average Bonchev–Trinajstić information content (AvgIpc) is 2.74. The molecule has 1 unspecified atom stereocenters. The number of rotatable bonds is 6. The van der Waals surface area contributed by atoms with Gasteiger partial charge in [0.25, 0.3) is 0 Å². The molecule has 2 N–H and O–H groups in total. The van der Waals surface area contributed by atoms with Crippen LogP contribution in [0.5, 0.6) is 0 Å². The van der Waals surface area contributed by atoms with E-state index in [1.807, 2.05) is 18.2 Å². The Morgan fingerprint density at radius 1 is 1.24 bits per heavy atom. The fourth-order valence-corrected chi connectivity index (χ4v) is 3.19. The summed E-state index contributed by atoms with van der Waals surface area (Å²) in [6.07, 6.45) is 2.07. The Labute approximate surface area is 132 Å². The van der Waals surface area contributed by atoms with Gasteiger partial charge in [0.1, 0.15) is 5.82 Å². The van der Waals surface area contributed by atoms with Gasteiger partial charge in [-0.05, 0) is 56.8 Å². The van der Waals surface area contributed by atoms with Crippen molar-refractivity contribution in [3.8, 4) is 0 Å². The number of hydrogen-bond donors (Lipinski definition) is 1. The van der Waals surface area contributed by atoms with Crippen molar-refractivity contribution in [1.29, 1.82) is 0 Å². The van der Waals surface area contributed by atoms with Gasteiger partial charge in [-0.25, -0.2) is 4.98 Å². The van der Waals surface area contributed by atoms with Gasteiger partial charge in [-0.3, -0.25) is 0 Å². The summed E-state index contributed by atoms with van der Waals surface area (Å²) < 4.78 is 2.30. The third-order valence-corrected chi connectivity index (χ3v) is 4.09. The second-order valence-electron chi connectivity index (χ2n) is 6.56. The van der Waals surface area contributed by atoms with Crippen LogP contribution in [0.25, 0.3) is 11.0 Å². The van der Waals surface area contributed by atoms with Crippen LogP contribution in [0, 0.1) is 11.8 Å². The molecule has 1 aromatic heterocycles. The molecule has 0 saturated carbocycles. The highest BCUT2D eigenvalue weighted by atomic mass is 35.5. The SMILES string of the molecule is CC(C)CC(CN)Cc1nc2ccc(Cl)cc2n1C(C)C. The summed E-state index contributed by atoms with van der Waals surface area (Å²) in [5.74, 6) is 2.26. The molecular formula is C17H26ClN3. The van der Waals surface area contributed by atoms with Crippen LogP contribution in [0.2, 0.25) is 5.02 Å². The predicted molar refractivity (Wildman–Crippen MR) is 90.8 cm³/mol. The van der Waals surface area contributed by atoms with E-state index in [2.05, 4.69) is 32.3 Å². The average molecular weight is 308 g/mol. The van der Waals surface area contributed by atoms with E-state index in [0.717, 1.165) is 34.7 Å². The van der Waals surface area contributed by atoms with Gasteiger partial charge in [-0.1, -0.05) is 25.4 Å². The number of nitrogens with zero attached hydrogens (tertiary/aromatic N) is 2. The van der Waals surface area contributed by atoms with E-state index in [1.165, 1.54) is 0 Å². The van der Waals surface area contributed by atoms with E-state index in [-0.39, 0.29) is 0 Å². The molecule has 116 valence electrons. The zero-order valence-corrected chi connectivity index (χ0v) is 14.2. The molecular weight excluding hydrogens is 282 g/mol. The second-order valence-corrected chi connectivity index (χ2v) is 7.00. The minimum atomic E-state index is 0.362. The van der Waals surface area contributed by atoms with Gasteiger partial charge in [0.15, 0.2) is 0 Å². The summed E-state index contributed by atoms with van der Waals surface area (Å²) in [6, 6.07) is 6.27. The van der Waals surface area contributed by atoms with Crippen molar-refractivity contribution in [2.24, 2.45) is 17.6 Å². The van der Waals surface area contributed by atoms with Crippen LogP contribution in [0.15, 0.2) is 18.2 Å². The fourth-order valence-electron chi connectivity index (χ4n) is 3.02. The van der Waals surface area contributed by atoms with Crippen molar-refractivity contribution in [2.75, 3.05) is 6.54 Å². The molecule has 0 aliphatic carbocycles. The van der Waals surface area contributed by atoms with Crippen molar-refractivity contribution >= 4 is 22.6 Å². The van der Waals surface area contributed by atoms with E-state index in [0.29, 0.717) is 24.4 Å². The molecule has 0 saturated heterocycles. The summed E-state index contributed by atoms with van der Waals surface area (Å²) in [4.78, 5) is 4.82. The van der Waals surface area contributed by atoms with Crippen molar-refractivity contribution in [3.05, 3.63) is 29.0 Å². The highest BCUT2D eigenvalue weighted by molar-refractivity contribution is 6.31. The minimum absolute atomic E-state index is 0.362.